The molecule has 1 aromatic carbocycles. The Morgan fingerprint density at radius 2 is 2.11 bits per heavy atom. The maximum Gasteiger partial charge on any atom is 0.185 e. The highest BCUT2D eigenvalue weighted by Crippen LogP contribution is 2.39. The van der Waals surface area contributed by atoms with E-state index in [1.165, 1.54) is 4.68 Å². The smallest absolute Gasteiger partial charge is 0.185 e. The normalized spacial score (nSPS) is 23.3. The minimum Gasteiger partial charge on any atom is -0.239 e. The summed E-state index contributed by atoms with van der Waals surface area (Å²) in [6.45, 7) is 1.72. The van der Waals surface area contributed by atoms with Crippen LogP contribution in [0.5, 0.6) is 0 Å². The third kappa shape index (κ3) is 2.03. The van der Waals surface area contributed by atoms with Crippen molar-refractivity contribution in [2.75, 3.05) is 0 Å². The first kappa shape index (κ1) is 12.3. The Bertz CT molecular complexity index is 567. The van der Waals surface area contributed by atoms with E-state index >= 15 is 0 Å². The van der Waals surface area contributed by atoms with E-state index in [-0.39, 0.29) is 17.7 Å². The number of hydrogen-bond acceptors (Lipinski definition) is 2. The zero-order valence-corrected chi connectivity index (χ0v) is 10.6. The molecule has 100 valence electrons. The molecular weight excluding hydrogens is 248 g/mol. The van der Waals surface area contributed by atoms with E-state index in [9.17, 15) is 8.78 Å². The summed E-state index contributed by atoms with van der Waals surface area (Å²) < 4.78 is 29.1. The molecule has 0 saturated heterocycles. The highest BCUT2D eigenvalue weighted by Gasteiger charge is 2.36. The Morgan fingerprint density at radius 3 is 2.79 bits per heavy atom. The number of nitrogens with zero attached hydrogens (tertiary/aromatic N) is 3. The number of alkyl halides is 2. The van der Waals surface area contributed by atoms with Crippen molar-refractivity contribution in [2.45, 2.75) is 38.2 Å². The van der Waals surface area contributed by atoms with Crippen LogP contribution in [0.25, 0.3) is 0 Å². The van der Waals surface area contributed by atoms with Crippen molar-refractivity contribution in [3.05, 3.63) is 47.5 Å². The van der Waals surface area contributed by atoms with E-state index in [0.29, 0.717) is 12.8 Å². The Hall–Kier alpha value is -1.78. The molecule has 0 aliphatic carbocycles. The highest BCUT2D eigenvalue weighted by atomic mass is 19.1. The van der Waals surface area contributed by atoms with Crippen molar-refractivity contribution >= 4 is 0 Å². The van der Waals surface area contributed by atoms with Crippen molar-refractivity contribution in [3.63, 3.8) is 0 Å². The second kappa shape index (κ2) is 4.72. The molecule has 0 N–H and O–H groups in total. The van der Waals surface area contributed by atoms with Crippen LogP contribution >= 0.6 is 0 Å². The molecule has 19 heavy (non-hydrogen) atoms. The Labute approximate surface area is 110 Å². The van der Waals surface area contributed by atoms with Crippen LogP contribution in [0.1, 0.15) is 55.4 Å². The predicted molar refractivity (Wildman–Crippen MR) is 67.2 cm³/mol. The third-order valence-corrected chi connectivity index (χ3v) is 3.50. The first-order chi connectivity index (χ1) is 9.20. The van der Waals surface area contributed by atoms with Gasteiger partial charge in [0.15, 0.2) is 24.0 Å². The molecule has 2 heterocycles. The molecule has 3 rings (SSSR count). The van der Waals surface area contributed by atoms with Gasteiger partial charge in [0.25, 0.3) is 0 Å². The number of rotatable bonds is 3. The second-order valence-corrected chi connectivity index (χ2v) is 4.78. The maximum atomic E-state index is 14.0. The molecular formula is C14H15F2N3. The Morgan fingerprint density at radius 1 is 1.37 bits per heavy atom. The Balaban J connectivity index is 1.99. The number of benzene rings is 1. The monoisotopic (exact) mass is 263 g/mol. The van der Waals surface area contributed by atoms with E-state index < -0.39 is 12.3 Å². The summed E-state index contributed by atoms with van der Waals surface area (Å²) in [4.78, 5) is 4.02. The van der Waals surface area contributed by atoms with E-state index in [2.05, 4.69) is 10.1 Å². The van der Waals surface area contributed by atoms with Gasteiger partial charge in [-0.2, -0.15) is 5.10 Å². The quantitative estimate of drug-likeness (QED) is 0.845. The lowest BCUT2D eigenvalue weighted by atomic mass is 10.0. The van der Waals surface area contributed by atoms with Gasteiger partial charge in [0.05, 0.1) is 6.04 Å². The van der Waals surface area contributed by atoms with Gasteiger partial charge in [-0.1, -0.05) is 37.3 Å². The van der Waals surface area contributed by atoms with Crippen molar-refractivity contribution < 1.29 is 8.78 Å². The molecule has 0 unspecified atom stereocenters. The average Bonchev–Trinajstić information content (AvgIpc) is 3.00. The number of hydrogen-bond donors (Lipinski definition) is 0. The fraction of sp³-hybridized carbons (Fsp3) is 0.429. The van der Waals surface area contributed by atoms with Crippen LogP contribution in [0.15, 0.2) is 30.3 Å². The lowest BCUT2D eigenvalue weighted by Gasteiger charge is -2.11. The van der Waals surface area contributed by atoms with Gasteiger partial charge in [-0.3, -0.25) is 0 Å². The molecule has 0 saturated carbocycles. The van der Waals surface area contributed by atoms with Crippen molar-refractivity contribution in [3.8, 4) is 0 Å². The number of fused-ring (bicyclic) bond motifs is 1. The lowest BCUT2D eigenvalue weighted by molar-refractivity contribution is 0.304. The van der Waals surface area contributed by atoms with E-state index in [1.807, 2.05) is 30.3 Å². The minimum absolute atomic E-state index is 0.0979. The average molecular weight is 263 g/mol. The number of aromatic nitrogens is 3. The van der Waals surface area contributed by atoms with Crippen molar-refractivity contribution in [2.24, 2.45) is 0 Å². The summed E-state index contributed by atoms with van der Waals surface area (Å²) in [5, 5.41) is 4.16. The highest BCUT2D eigenvalue weighted by molar-refractivity contribution is 5.23. The van der Waals surface area contributed by atoms with Crippen molar-refractivity contribution in [1.82, 2.24) is 14.8 Å². The van der Waals surface area contributed by atoms with Crippen LogP contribution in [0.4, 0.5) is 8.78 Å². The van der Waals surface area contributed by atoms with Crippen LogP contribution in [0.3, 0.4) is 0 Å². The van der Waals surface area contributed by atoms with Gasteiger partial charge in [-0.25, -0.2) is 18.4 Å². The molecule has 1 aliphatic rings. The van der Waals surface area contributed by atoms with E-state index in [1.54, 1.807) is 6.92 Å². The van der Waals surface area contributed by atoms with E-state index in [4.69, 9.17) is 0 Å². The fourth-order valence-corrected chi connectivity index (χ4v) is 2.46. The summed E-state index contributed by atoms with van der Waals surface area (Å²) >= 11 is 0. The molecule has 1 aliphatic heterocycles. The molecule has 2 aromatic rings. The summed E-state index contributed by atoms with van der Waals surface area (Å²) in [5.74, 6) is 0.348. The van der Waals surface area contributed by atoms with Gasteiger partial charge >= 0.3 is 0 Å². The first-order valence-electron chi connectivity index (χ1n) is 6.50. The van der Waals surface area contributed by atoms with Crippen LogP contribution < -0.4 is 0 Å². The van der Waals surface area contributed by atoms with Gasteiger partial charge in [0.1, 0.15) is 0 Å². The summed E-state index contributed by atoms with van der Waals surface area (Å²) in [6, 6.07) is 9.40. The van der Waals surface area contributed by atoms with Gasteiger partial charge < -0.3 is 0 Å². The van der Waals surface area contributed by atoms with Crippen molar-refractivity contribution in [1.29, 1.82) is 0 Å². The molecule has 0 bridgehead atoms. The van der Waals surface area contributed by atoms with Crippen LogP contribution in [0, 0.1) is 0 Å². The van der Waals surface area contributed by atoms with Gasteiger partial charge in [0.2, 0.25) is 0 Å². The van der Waals surface area contributed by atoms with Gasteiger partial charge in [-0.15, -0.1) is 0 Å². The second-order valence-electron chi connectivity index (χ2n) is 4.78. The minimum atomic E-state index is -1.22. The maximum absolute atomic E-state index is 14.0. The van der Waals surface area contributed by atoms with Crippen LogP contribution in [-0.4, -0.2) is 14.8 Å². The standard InChI is InChI=1S/C14H15F2N3/c1-2-10(15)13-17-14-11(16)8-12(19(14)18-13)9-6-4-3-5-7-9/h3-7,10-12H,2,8H2,1H3/t10-,11+,12+/m1/s1. The predicted octanol–water partition coefficient (Wildman–Crippen LogP) is 3.70. The summed E-state index contributed by atoms with van der Waals surface area (Å²) in [6.07, 6.45) is -1.77. The molecule has 5 heteroatoms. The SMILES string of the molecule is CC[C@@H](F)c1nc2n(n1)[C@H](c1ccccc1)C[C@@H]2F. The number of halogens is 2. The topological polar surface area (TPSA) is 30.7 Å². The lowest BCUT2D eigenvalue weighted by Crippen LogP contribution is -2.08. The molecule has 0 radical (unpaired) electrons. The molecule has 0 fully saturated rings. The zero-order chi connectivity index (χ0) is 13.4. The van der Waals surface area contributed by atoms with Gasteiger partial charge in [0, 0.05) is 6.42 Å². The Kier molecular flexibility index (Phi) is 3.05. The molecule has 0 amide bonds. The summed E-state index contributed by atoms with van der Waals surface area (Å²) in [5.41, 5.74) is 0.979. The molecule has 1 aromatic heterocycles. The molecule has 3 nitrogen and oxygen atoms in total. The summed E-state index contributed by atoms with van der Waals surface area (Å²) in [7, 11) is 0. The third-order valence-electron chi connectivity index (χ3n) is 3.50. The van der Waals surface area contributed by atoms with Crippen LogP contribution in [-0.2, 0) is 0 Å². The fourth-order valence-electron chi connectivity index (χ4n) is 2.46. The first-order valence-corrected chi connectivity index (χ1v) is 6.50. The largest absolute Gasteiger partial charge is 0.239 e. The van der Waals surface area contributed by atoms with Gasteiger partial charge in [-0.05, 0) is 12.0 Å². The van der Waals surface area contributed by atoms with E-state index in [0.717, 1.165) is 5.56 Å². The zero-order valence-electron chi connectivity index (χ0n) is 10.6. The molecule has 3 atom stereocenters. The molecule has 0 spiro atoms. The van der Waals surface area contributed by atoms with Crippen LogP contribution in [0.2, 0.25) is 0 Å².